The Hall–Kier alpha value is -3.17. The van der Waals surface area contributed by atoms with Crippen LogP contribution in [-0.2, 0) is 11.0 Å². The summed E-state index contributed by atoms with van der Waals surface area (Å²) in [5, 5.41) is 4.33. The van der Waals surface area contributed by atoms with Gasteiger partial charge in [-0.15, -0.1) is 11.8 Å². The minimum atomic E-state index is -4.66. The van der Waals surface area contributed by atoms with Gasteiger partial charge >= 0.3 is 6.18 Å². The molecule has 0 heterocycles. The fraction of sp³-hybridized carbons (Fsp3) is 0.167. The summed E-state index contributed by atoms with van der Waals surface area (Å²) in [7, 11) is 1.54. The maximum Gasteiger partial charge on any atom is 0.418 e. The third-order valence-electron chi connectivity index (χ3n) is 4.69. The van der Waals surface area contributed by atoms with Gasteiger partial charge in [0.1, 0.15) is 5.75 Å². The Bertz CT molecular complexity index is 1170. The largest absolute Gasteiger partial charge is 0.497 e. The van der Waals surface area contributed by atoms with Crippen molar-refractivity contribution in [3.63, 3.8) is 0 Å². The van der Waals surface area contributed by atoms with Gasteiger partial charge in [-0.1, -0.05) is 11.6 Å². The number of alkyl halides is 3. The molecule has 2 N–H and O–H groups in total. The maximum absolute atomic E-state index is 13.2. The van der Waals surface area contributed by atoms with Crippen LogP contribution in [-0.4, -0.2) is 24.2 Å². The number of rotatable bonds is 7. The zero-order valence-electron chi connectivity index (χ0n) is 18.1. The van der Waals surface area contributed by atoms with Crippen LogP contribution >= 0.6 is 23.4 Å². The fourth-order valence-corrected chi connectivity index (χ4v) is 3.95. The molecule has 0 aromatic heterocycles. The SMILES string of the molecule is COc1ccc(C(=O)Nc2ccc(SC(C)C(=O)Nc3ccc(Cl)cc3C(F)(F)F)cc2)cc1. The smallest absolute Gasteiger partial charge is 0.418 e. The molecular weight excluding hydrogens is 489 g/mol. The summed E-state index contributed by atoms with van der Waals surface area (Å²) in [5.74, 6) is -0.240. The molecule has 178 valence electrons. The second-order valence-corrected chi connectivity index (χ2v) is 8.99. The summed E-state index contributed by atoms with van der Waals surface area (Å²) >= 11 is 6.84. The van der Waals surface area contributed by atoms with Gasteiger partial charge < -0.3 is 15.4 Å². The van der Waals surface area contributed by atoms with Crippen molar-refractivity contribution in [3.8, 4) is 5.75 Å². The van der Waals surface area contributed by atoms with Crippen molar-refractivity contribution < 1.29 is 27.5 Å². The maximum atomic E-state index is 13.2. The summed E-state index contributed by atoms with van der Waals surface area (Å²) in [4.78, 5) is 25.6. The van der Waals surface area contributed by atoms with E-state index in [9.17, 15) is 22.8 Å². The van der Waals surface area contributed by atoms with Crippen molar-refractivity contribution in [1.82, 2.24) is 0 Å². The van der Waals surface area contributed by atoms with Crippen molar-refractivity contribution >= 4 is 46.6 Å². The first-order valence-electron chi connectivity index (χ1n) is 9.96. The average molecular weight is 509 g/mol. The number of anilines is 2. The molecule has 0 aliphatic rings. The van der Waals surface area contributed by atoms with Crippen LogP contribution in [0.5, 0.6) is 5.75 Å². The zero-order chi connectivity index (χ0) is 24.9. The number of amides is 2. The summed E-state index contributed by atoms with van der Waals surface area (Å²) in [6.07, 6.45) is -4.66. The lowest BCUT2D eigenvalue weighted by atomic mass is 10.1. The quantitative estimate of drug-likeness (QED) is 0.347. The van der Waals surface area contributed by atoms with Crippen molar-refractivity contribution in [3.05, 3.63) is 82.9 Å². The standard InChI is InChI=1S/C24H20ClF3N2O3S/c1-14(22(31)30-21-12-5-16(25)13-20(21)24(26,27)28)34-19-10-6-17(7-11-19)29-23(32)15-3-8-18(33-2)9-4-15/h3-14H,1-2H3,(H,29,32)(H,30,31). The van der Waals surface area contributed by atoms with Gasteiger partial charge in [-0.25, -0.2) is 0 Å². The van der Waals surface area contributed by atoms with Crippen LogP contribution in [0.4, 0.5) is 24.5 Å². The summed E-state index contributed by atoms with van der Waals surface area (Å²) < 4.78 is 44.8. The Morgan fingerprint density at radius 2 is 1.62 bits per heavy atom. The molecule has 0 saturated heterocycles. The first-order valence-corrected chi connectivity index (χ1v) is 11.2. The van der Waals surface area contributed by atoms with Gasteiger partial charge in [0.05, 0.1) is 23.6 Å². The summed E-state index contributed by atoms with van der Waals surface area (Å²) in [6, 6.07) is 16.6. The van der Waals surface area contributed by atoms with E-state index < -0.39 is 22.9 Å². The van der Waals surface area contributed by atoms with Gasteiger partial charge in [-0.2, -0.15) is 13.2 Å². The number of hydrogen-bond donors (Lipinski definition) is 2. The Morgan fingerprint density at radius 1 is 0.971 bits per heavy atom. The van der Waals surface area contributed by atoms with Gasteiger partial charge in [0.25, 0.3) is 5.91 Å². The highest BCUT2D eigenvalue weighted by atomic mass is 35.5. The highest BCUT2D eigenvalue weighted by Crippen LogP contribution is 2.37. The van der Waals surface area contributed by atoms with Gasteiger partial charge in [-0.3, -0.25) is 9.59 Å². The third-order valence-corrected chi connectivity index (χ3v) is 6.04. The van der Waals surface area contributed by atoms with Crippen LogP contribution in [0.2, 0.25) is 5.02 Å². The molecule has 10 heteroatoms. The molecule has 1 unspecified atom stereocenters. The van der Waals surface area contributed by atoms with E-state index in [4.69, 9.17) is 16.3 Å². The van der Waals surface area contributed by atoms with Gasteiger partial charge in [-0.05, 0) is 73.7 Å². The molecule has 0 saturated carbocycles. The molecule has 3 aromatic carbocycles. The Morgan fingerprint density at radius 3 is 2.21 bits per heavy atom. The lowest BCUT2D eigenvalue weighted by Gasteiger charge is -2.17. The van der Waals surface area contributed by atoms with Crippen LogP contribution < -0.4 is 15.4 Å². The van der Waals surface area contributed by atoms with E-state index >= 15 is 0 Å². The Kier molecular flexibility index (Phi) is 8.11. The van der Waals surface area contributed by atoms with Crippen molar-refractivity contribution in [2.75, 3.05) is 17.7 Å². The van der Waals surface area contributed by atoms with E-state index in [0.717, 1.165) is 12.1 Å². The predicted molar refractivity (Wildman–Crippen MR) is 128 cm³/mol. The monoisotopic (exact) mass is 508 g/mol. The van der Waals surface area contributed by atoms with E-state index in [0.29, 0.717) is 21.9 Å². The predicted octanol–water partition coefficient (Wildman–Crippen LogP) is 6.74. The molecule has 0 bridgehead atoms. The number of hydrogen-bond acceptors (Lipinski definition) is 4. The second kappa shape index (κ2) is 10.8. The molecule has 0 fully saturated rings. The normalized spacial score (nSPS) is 12.1. The Labute approximate surface area is 203 Å². The lowest BCUT2D eigenvalue weighted by Crippen LogP contribution is -2.24. The highest BCUT2D eigenvalue weighted by Gasteiger charge is 2.34. The number of thioether (sulfide) groups is 1. The van der Waals surface area contributed by atoms with Gasteiger partial charge in [0.15, 0.2) is 0 Å². The van der Waals surface area contributed by atoms with E-state index in [1.165, 1.54) is 24.9 Å². The highest BCUT2D eigenvalue weighted by molar-refractivity contribution is 8.00. The summed E-state index contributed by atoms with van der Waals surface area (Å²) in [5.41, 5.74) is -0.350. The molecule has 0 radical (unpaired) electrons. The molecular formula is C24H20ClF3N2O3S. The lowest BCUT2D eigenvalue weighted by molar-refractivity contribution is -0.137. The molecule has 5 nitrogen and oxygen atoms in total. The minimum Gasteiger partial charge on any atom is -0.497 e. The molecule has 0 aliphatic heterocycles. The molecule has 1 atom stereocenters. The minimum absolute atomic E-state index is 0.0769. The van der Waals surface area contributed by atoms with Crippen LogP contribution in [0, 0.1) is 0 Å². The number of methoxy groups -OCH3 is 1. The van der Waals surface area contributed by atoms with E-state index in [-0.39, 0.29) is 16.6 Å². The van der Waals surface area contributed by atoms with Crippen molar-refractivity contribution in [1.29, 1.82) is 0 Å². The molecule has 0 spiro atoms. The van der Waals surface area contributed by atoms with Gasteiger partial charge in [0, 0.05) is 21.2 Å². The van der Waals surface area contributed by atoms with Crippen molar-refractivity contribution in [2.24, 2.45) is 0 Å². The van der Waals surface area contributed by atoms with E-state index in [1.54, 1.807) is 55.5 Å². The van der Waals surface area contributed by atoms with Crippen LogP contribution in [0.25, 0.3) is 0 Å². The first-order chi connectivity index (χ1) is 16.1. The zero-order valence-corrected chi connectivity index (χ0v) is 19.6. The number of benzene rings is 3. The molecule has 3 aromatic rings. The molecule has 34 heavy (non-hydrogen) atoms. The van der Waals surface area contributed by atoms with E-state index in [2.05, 4.69) is 10.6 Å². The molecule has 3 rings (SSSR count). The average Bonchev–Trinajstić information content (AvgIpc) is 2.80. The van der Waals surface area contributed by atoms with Crippen LogP contribution in [0.1, 0.15) is 22.8 Å². The molecule has 2 amide bonds. The summed E-state index contributed by atoms with van der Waals surface area (Å²) in [6.45, 7) is 1.59. The van der Waals surface area contributed by atoms with E-state index in [1.807, 2.05) is 0 Å². The van der Waals surface area contributed by atoms with Gasteiger partial charge in [0.2, 0.25) is 5.91 Å². The Balaban J connectivity index is 1.60. The van der Waals surface area contributed by atoms with Crippen LogP contribution in [0.3, 0.4) is 0 Å². The number of carbonyl (C=O) groups is 2. The first kappa shape index (κ1) is 25.5. The number of nitrogens with one attached hydrogen (secondary N) is 2. The second-order valence-electron chi connectivity index (χ2n) is 7.14. The van der Waals surface area contributed by atoms with Crippen molar-refractivity contribution in [2.45, 2.75) is 23.2 Å². The number of ether oxygens (including phenoxy) is 1. The van der Waals surface area contributed by atoms with Crippen LogP contribution in [0.15, 0.2) is 71.6 Å². The fourth-order valence-electron chi connectivity index (χ4n) is 2.91. The topological polar surface area (TPSA) is 67.4 Å². The third kappa shape index (κ3) is 6.68. The number of halogens is 4. The molecule has 0 aliphatic carbocycles. The number of carbonyl (C=O) groups excluding carboxylic acids is 2.